The molecule has 0 spiro atoms. The number of hydrogen-bond donors (Lipinski definition) is 1. The Balaban J connectivity index is 3.19. The number of thiol groups is 1. The molecule has 0 radical (unpaired) electrons. The Labute approximate surface area is 77.8 Å². The van der Waals surface area contributed by atoms with Gasteiger partial charge in [-0.3, -0.25) is 0 Å². The molecule has 0 aromatic heterocycles. The van der Waals surface area contributed by atoms with Crippen LogP contribution in [-0.4, -0.2) is 0 Å². The molecule has 0 N–H and O–H groups in total. The van der Waals surface area contributed by atoms with Gasteiger partial charge >= 0.3 is 6.18 Å². The second-order valence-corrected chi connectivity index (χ2v) is 3.09. The summed E-state index contributed by atoms with van der Waals surface area (Å²) in [6, 6.07) is 3.32. The fourth-order valence-corrected chi connectivity index (χ4v) is 1.30. The molecule has 5 heteroatoms. The van der Waals surface area contributed by atoms with E-state index in [2.05, 4.69) is 12.6 Å². The minimum absolute atomic E-state index is 0.324. The first-order chi connectivity index (χ1) is 5.41. The largest absolute Gasteiger partial charge is 0.417 e. The highest BCUT2D eigenvalue weighted by molar-refractivity contribution is 7.80. The van der Waals surface area contributed by atoms with Crippen molar-refractivity contribution in [2.75, 3.05) is 0 Å². The predicted molar refractivity (Wildman–Crippen MR) is 43.7 cm³/mol. The average Bonchev–Trinajstić information content (AvgIpc) is 1.83. The van der Waals surface area contributed by atoms with Crippen LogP contribution >= 0.6 is 24.2 Å². The molecule has 0 unspecified atom stereocenters. The smallest absolute Gasteiger partial charge is 0.166 e. The van der Waals surface area contributed by atoms with Crippen LogP contribution in [0.2, 0.25) is 5.02 Å². The van der Waals surface area contributed by atoms with Gasteiger partial charge in [0, 0.05) is 4.90 Å². The summed E-state index contributed by atoms with van der Waals surface area (Å²) in [7, 11) is 0. The van der Waals surface area contributed by atoms with Crippen LogP contribution in [0.15, 0.2) is 23.1 Å². The molecule has 0 aliphatic carbocycles. The third-order valence-electron chi connectivity index (χ3n) is 1.26. The van der Waals surface area contributed by atoms with Gasteiger partial charge in [0.1, 0.15) is 0 Å². The van der Waals surface area contributed by atoms with Gasteiger partial charge in [0.25, 0.3) is 0 Å². The van der Waals surface area contributed by atoms with Crippen molar-refractivity contribution in [3.63, 3.8) is 0 Å². The average molecular weight is 213 g/mol. The molecule has 12 heavy (non-hydrogen) atoms. The Morgan fingerprint density at radius 1 is 1.25 bits per heavy atom. The molecule has 1 aromatic rings. The summed E-state index contributed by atoms with van der Waals surface area (Å²) in [6.45, 7) is 0. The van der Waals surface area contributed by atoms with E-state index in [0.717, 1.165) is 12.1 Å². The van der Waals surface area contributed by atoms with Crippen LogP contribution in [0.4, 0.5) is 13.2 Å². The molecule has 0 nitrogen and oxygen atoms in total. The molecule has 0 fully saturated rings. The lowest BCUT2D eigenvalue weighted by atomic mass is 10.2. The second-order valence-electron chi connectivity index (χ2n) is 2.16. The van der Waals surface area contributed by atoms with Gasteiger partial charge in [-0.25, -0.2) is 0 Å². The maximum atomic E-state index is 12.1. The summed E-state index contributed by atoms with van der Waals surface area (Å²) in [4.78, 5) is 0.410. The van der Waals surface area contributed by atoms with Gasteiger partial charge in [-0.05, 0) is 18.2 Å². The first-order valence-electron chi connectivity index (χ1n) is 2.97. The third-order valence-corrected chi connectivity index (χ3v) is 1.85. The molecule has 0 amide bonds. The molecule has 0 bridgehead atoms. The highest BCUT2D eigenvalue weighted by Crippen LogP contribution is 2.35. The van der Waals surface area contributed by atoms with E-state index in [9.17, 15) is 13.2 Å². The van der Waals surface area contributed by atoms with Gasteiger partial charge in [0.2, 0.25) is 0 Å². The van der Waals surface area contributed by atoms with E-state index in [1.165, 1.54) is 6.07 Å². The summed E-state index contributed by atoms with van der Waals surface area (Å²) in [6.07, 6.45) is -4.39. The lowest BCUT2D eigenvalue weighted by Gasteiger charge is -2.08. The van der Waals surface area contributed by atoms with Gasteiger partial charge in [0.05, 0.1) is 10.6 Å². The quantitative estimate of drug-likeness (QED) is 0.624. The topological polar surface area (TPSA) is 0 Å². The van der Waals surface area contributed by atoms with E-state index in [1.807, 2.05) is 0 Å². The van der Waals surface area contributed by atoms with Gasteiger partial charge in [-0.2, -0.15) is 13.2 Å². The van der Waals surface area contributed by atoms with Gasteiger partial charge in [0.15, 0.2) is 0 Å². The molecule has 0 heterocycles. The summed E-state index contributed by atoms with van der Waals surface area (Å²) < 4.78 is 36.2. The fourth-order valence-electron chi connectivity index (χ4n) is 0.734. The summed E-state index contributed by atoms with van der Waals surface area (Å²) in [5, 5.41) is -0.324. The normalized spacial score (nSPS) is 11.8. The van der Waals surface area contributed by atoms with E-state index in [-0.39, 0.29) is 5.02 Å². The van der Waals surface area contributed by atoms with Crippen LogP contribution in [-0.2, 0) is 6.18 Å². The van der Waals surface area contributed by atoms with E-state index in [4.69, 9.17) is 11.6 Å². The summed E-state index contributed by atoms with van der Waals surface area (Å²) >= 11 is 9.19. The summed E-state index contributed by atoms with van der Waals surface area (Å²) in [5.74, 6) is 0. The molecule has 0 saturated carbocycles. The maximum absolute atomic E-state index is 12.1. The molecule has 0 aliphatic rings. The standard InChI is InChI=1S/C7H4ClF3S/c8-6-3-4(12)1-2-5(6)7(9,10)11/h1-3,12H. The highest BCUT2D eigenvalue weighted by Gasteiger charge is 2.32. The Bertz CT molecular complexity index is 295. The molecule has 66 valence electrons. The molecule has 0 aliphatic heterocycles. The zero-order valence-electron chi connectivity index (χ0n) is 5.69. The van der Waals surface area contributed by atoms with E-state index in [1.54, 1.807) is 0 Å². The van der Waals surface area contributed by atoms with Crippen molar-refractivity contribution < 1.29 is 13.2 Å². The number of halogens is 4. The van der Waals surface area contributed by atoms with Gasteiger partial charge in [-0.15, -0.1) is 12.6 Å². The molecular formula is C7H4ClF3S. The minimum atomic E-state index is -4.39. The van der Waals surface area contributed by atoms with Gasteiger partial charge < -0.3 is 0 Å². The Kier molecular flexibility index (Phi) is 2.58. The van der Waals surface area contributed by atoms with Crippen molar-refractivity contribution >= 4 is 24.2 Å². The number of alkyl halides is 3. The van der Waals surface area contributed by atoms with Crippen LogP contribution in [0.5, 0.6) is 0 Å². The lowest BCUT2D eigenvalue weighted by Crippen LogP contribution is -2.05. The van der Waals surface area contributed by atoms with Crippen LogP contribution in [0.3, 0.4) is 0 Å². The first kappa shape index (κ1) is 9.74. The number of hydrogen-bond acceptors (Lipinski definition) is 1. The van der Waals surface area contributed by atoms with Crippen LogP contribution in [0.25, 0.3) is 0 Å². The number of benzene rings is 1. The molecule has 1 rings (SSSR count). The summed E-state index contributed by atoms with van der Waals surface area (Å²) in [5.41, 5.74) is -0.832. The number of rotatable bonds is 0. The maximum Gasteiger partial charge on any atom is 0.417 e. The van der Waals surface area contributed by atoms with E-state index >= 15 is 0 Å². The monoisotopic (exact) mass is 212 g/mol. The molecule has 0 atom stereocenters. The first-order valence-corrected chi connectivity index (χ1v) is 3.79. The SMILES string of the molecule is FC(F)(F)c1ccc(S)cc1Cl. The third kappa shape index (κ3) is 2.08. The van der Waals surface area contributed by atoms with Crippen molar-refractivity contribution in [1.82, 2.24) is 0 Å². The molecular weight excluding hydrogens is 209 g/mol. The Morgan fingerprint density at radius 3 is 2.25 bits per heavy atom. The second kappa shape index (κ2) is 3.18. The van der Waals surface area contributed by atoms with Crippen molar-refractivity contribution in [2.45, 2.75) is 11.1 Å². The zero-order valence-corrected chi connectivity index (χ0v) is 7.34. The molecule has 1 aromatic carbocycles. The highest BCUT2D eigenvalue weighted by atomic mass is 35.5. The van der Waals surface area contributed by atoms with Crippen LogP contribution in [0, 0.1) is 0 Å². The Hall–Kier alpha value is -0.350. The van der Waals surface area contributed by atoms with Crippen molar-refractivity contribution in [3.05, 3.63) is 28.8 Å². The lowest BCUT2D eigenvalue weighted by molar-refractivity contribution is -0.137. The predicted octanol–water partition coefficient (Wildman–Crippen LogP) is 3.65. The van der Waals surface area contributed by atoms with E-state index in [0.29, 0.717) is 4.90 Å². The molecule has 0 saturated heterocycles. The zero-order chi connectivity index (χ0) is 9.35. The van der Waals surface area contributed by atoms with E-state index < -0.39 is 11.7 Å². The minimum Gasteiger partial charge on any atom is -0.166 e. The van der Waals surface area contributed by atoms with Crippen LogP contribution < -0.4 is 0 Å². The van der Waals surface area contributed by atoms with Crippen molar-refractivity contribution in [3.8, 4) is 0 Å². The van der Waals surface area contributed by atoms with Crippen molar-refractivity contribution in [2.24, 2.45) is 0 Å². The van der Waals surface area contributed by atoms with Crippen molar-refractivity contribution in [1.29, 1.82) is 0 Å². The van der Waals surface area contributed by atoms with Gasteiger partial charge in [-0.1, -0.05) is 11.6 Å². The fraction of sp³-hybridized carbons (Fsp3) is 0.143. The Morgan fingerprint density at radius 2 is 1.83 bits per heavy atom. The van der Waals surface area contributed by atoms with Crippen LogP contribution in [0.1, 0.15) is 5.56 Å².